The predicted molar refractivity (Wildman–Crippen MR) is 60.0 cm³/mol. The molecule has 0 bridgehead atoms. The molecule has 1 unspecified atom stereocenters. The van der Waals surface area contributed by atoms with Gasteiger partial charge in [0, 0.05) is 21.9 Å². The average molecular weight is 264 g/mol. The van der Waals surface area contributed by atoms with Crippen molar-refractivity contribution in [3.63, 3.8) is 0 Å². The molecule has 2 N–H and O–H groups in total. The van der Waals surface area contributed by atoms with Gasteiger partial charge in [-0.05, 0) is 33.8 Å². The van der Waals surface area contributed by atoms with Gasteiger partial charge in [-0.15, -0.1) is 11.3 Å². The first-order valence-corrected chi connectivity index (χ1v) is 6.01. The summed E-state index contributed by atoms with van der Waals surface area (Å²) in [5.74, 6) is 0. The standard InChI is InChI=1S/C9H14BrNOS/c1-2-7(6-12)11-5-9-8(10)3-4-13-9/h3-4,7,11-12H,2,5-6H2,1H3. The summed E-state index contributed by atoms with van der Waals surface area (Å²) in [7, 11) is 0. The van der Waals surface area contributed by atoms with Crippen LogP contribution in [0.2, 0.25) is 0 Å². The molecule has 0 radical (unpaired) electrons. The van der Waals surface area contributed by atoms with Gasteiger partial charge in [0.2, 0.25) is 0 Å². The van der Waals surface area contributed by atoms with Crippen LogP contribution in [-0.4, -0.2) is 17.8 Å². The Balaban J connectivity index is 2.38. The van der Waals surface area contributed by atoms with Gasteiger partial charge < -0.3 is 10.4 Å². The number of halogens is 1. The molecular formula is C9H14BrNOS. The van der Waals surface area contributed by atoms with E-state index in [2.05, 4.69) is 33.6 Å². The smallest absolute Gasteiger partial charge is 0.0584 e. The van der Waals surface area contributed by atoms with Gasteiger partial charge in [-0.3, -0.25) is 0 Å². The Bertz CT molecular complexity index is 248. The summed E-state index contributed by atoms with van der Waals surface area (Å²) in [6.45, 7) is 3.11. The summed E-state index contributed by atoms with van der Waals surface area (Å²) in [6.07, 6.45) is 0.958. The number of thiophene rings is 1. The maximum Gasteiger partial charge on any atom is 0.0584 e. The van der Waals surface area contributed by atoms with Gasteiger partial charge in [0.15, 0.2) is 0 Å². The second-order valence-electron chi connectivity index (χ2n) is 2.86. The maximum absolute atomic E-state index is 8.95. The van der Waals surface area contributed by atoms with Crippen LogP contribution in [0.15, 0.2) is 15.9 Å². The zero-order chi connectivity index (χ0) is 9.68. The minimum atomic E-state index is 0.208. The summed E-state index contributed by atoms with van der Waals surface area (Å²) >= 11 is 5.19. The molecule has 0 saturated heterocycles. The van der Waals surface area contributed by atoms with Gasteiger partial charge in [-0.25, -0.2) is 0 Å². The number of rotatable bonds is 5. The summed E-state index contributed by atoms with van der Waals surface area (Å²) in [4.78, 5) is 1.28. The summed E-state index contributed by atoms with van der Waals surface area (Å²) < 4.78 is 1.15. The van der Waals surface area contributed by atoms with Crippen molar-refractivity contribution in [3.05, 3.63) is 20.8 Å². The molecule has 1 heterocycles. The van der Waals surface area contributed by atoms with Crippen molar-refractivity contribution in [1.29, 1.82) is 0 Å². The van der Waals surface area contributed by atoms with E-state index >= 15 is 0 Å². The SMILES string of the molecule is CCC(CO)NCc1sccc1Br. The van der Waals surface area contributed by atoms with Crippen LogP contribution in [0.25, 0.3) is 0 Å². The molecule has 2 nitrogen and oxygen atoms in total. The van der Waals surface area contributed by atoms with E-state index < -0.39 is 0 Å². The van der Waals surface area contributed by atoms with E-state index in [-0.39, 0.29) is 12.6 Å². The zero-order valence-corrected chi connectivity index (χ0v) is 9.99. The van der Waals surface area contributed by atoms with Gasteiger partial charge >= 0.3 is 0 Å². The van der Waals surface area contributed by atoms with E-state index in [1.165, 1.54) is 4.88 Å². The Labute approximate surface area is 91.1 Å². The fraction of sp³-hybridized carbons (Fsp3) is 0.556. The van der Waals surface area contributed by atoms with Crippen LogP contribution in [0, 0.1) is 0 Å². The van der Waals surface area contributed by atoms with Gasteiger partial charge in [0.1, 0.15) is 0 Å². The second kappa shape index (κ2) is 5.75. The van der Waals surface area contributed by atoms with Crippen LogP contribution in [0.3, 0.4) is 0 Å². The summed E-state index contributed by atoms with van der Waals surface area (Å²) in [5.41, 5.74) is 0. The molecule has 1 atom stereocenters. The van der Waals surface area contributed by atoms with Crippen molar-refractivity contribution in [1.82, 2.24) is 5.32 Å². The average Bonchev–Trinajstić information content (AvgIpc) is 2.54. The summed E-state index contributed by atoms with van der Waals surface area (Å²) in [6, 6.07) is 2.26. The first kappa shape index (κ1) is 11.2. The minimum Gasteiger partial charge on any atom is -0.395 e. The summed E-state index contributed by atoms with van der Waals surface area (Å²) in [5, 5.41) is 14.3. The lowest BCUT2D eigenvalue weighted by molar-refractivity contribution is 0.238. The predicted octanol–water partition coefficient (Wildman–Crippen LogP) is 2.37. The highest BCUT2D eigenvalue weighted by atomic mass is 79.9. The fourth-order valence-corrected chi connectivity index (χ4v) is 2.47. The molecule has 0 fully saturated rings. The van der Waals surface area contributed by atoms with Gasteiger partial charge in [0.05, 0.1) is 6.61 Å². The van der Waals surface area contributed by atoms with E-state index in [1.807, 2.05) is 6.07 Å². The lowest BCUT2D eigenvalue weighted by Crippen LogP contribution is -2.30. The monoisotopic (exact) mass is 263 g/mol. The number of hydrogen-bond acceptors (Lipinski definition) is 3. The third-order valence-electron chi connectivity index (χ3n) is 1.96. The van der Waals surface area contributed by atoms with Crippen LogP contribution >= 0.6 is 27.3 Å². The van der Waals surface area contributed by atoms with Crippen LogP contribution in [0.1, 0.15) is 18.2 Å². The lowest BCUT2D eigenvalue weighted by Gasteiger charge is -2.12. The number of nitrogens with one attached hydrogen (secondary N) is 1. The quantitative estimate of drug-likeness (QED) is 0.855. The lowest BCUT2D eigenvalue weighted by atomic mass is 10.2. The minimum absolute atomic E-state index is 0.208. The third-order valence-corrected chi connectivity index (χ3v) is 3.88. The molecule has 74 valence electrons. The molecule has 0 spiro atoms. The van der Waals surface area contributed by atoms with Gasteiger partial charge in [-0.2, -0.15) is 0 Å². The van der Waals surface area contributed by atoms with E-state index in [0.29, 0.717) is 0 Å². The molecule has 0 amide bonds. The molecule has 4 heteroatoms. The van der Waals surface area contributed by atoms with Crippen LogP contribution in [-0.2, 0) is 6.54 Å². The first-order valence-electron chi connectivity index (χ1n) is 4.34. The fourth-order valence-electron chi connectivity index (χ4n) is 1.03. The van der Waals surface area contributed by atoms with E-state index in [1.54, 1.807) is 11.3 Å². The number of hydrogen-bond donors (Lipinski definition) is 2. The zero-order valence-electron chi connectivity index (χ0n) is 7.59. The van der Waals surface area contributed by atoms with Crippen molar-refractivity contribution in [3.8, 4) is 0 Å². The highest BCUT2D eigenvalue weighted by molar-refractivity contribution is 9.10. The molecule has 1 aromatic rings. The number of aliphatic hydroxyl groups is 1. The van der Waals surface area contributed by atoms with Crippen molar-refractivity contribution >= 4 is 27.3 Å². The normalized spacial score (nSPS) is 13.2. The molecule has 1 aromatic heterocycles. The second-order valence-corrected chi connectivity index (χ2v) is 4.72. The highest BCUT2D eigenvalue weighted by Crippen LogP contribution is 2.22. The largest absolute Gasteiger partial charge is 0.395 e. The van der Waals surface area contributed by atoms with E-state index in [0.717, 1.165) is 17.4 Å². The maximum atomic E-state index is 8.95. The Morgan fingerprint density at radius 3 is 2.92 bits per heavy atom. The van der Waals surface area contributed by atoms with Crippen molar-refractivity contribution < 1.29 is 5.11 Å². The Morgan fingerprint density at radius 2 is 2.46 bits per heavy atom. The van der Waals surface area contributed by atoms with E-state index in [9.17, 15) is 0 Å². The van der Waals surface area contributed by atoms with Crippen molar-refractivity contribution in [2.75, 3.05) is 6.61 Å². The Kier molecular flexibility index (Phi) is 4.94. The van der Waals surface area contributed by atoms with Crippen molar-refractivity contribution in [2.45, 2.75) is 25.9 Å². The van der Waals surface area contributed by atoms with Crippen LogP contribution in [0.5, 0.6) is 0 Å². The molecular weight excluding hydrogens is 250 g/mol. The Hall–Kier alpha value is 0.100. The van der Waals surface area contributed by atoms with Gasteiger partial charge in [0.25, 0.3) is 0 Å². The Morgan fingerprint density at radius 1 is 1.69 bits per heavy atom. The molecule has 1 rings (SSSR count). The molecule has 0 aliphatic rings. The van der Waals surface area contributed by atoms with Crippen LogP contribution in [0.4, 0.5) is 0 Å². The number of aliphatic hydroxyl groups excluding tert-OH is 1. The van der Waals surface area contributed by atoms with Gasteiger partial charge in [-0.1, -0.05) is 6.92 Å². The molecule has 0 aromatic carbocycles. The van der Waals surface area contributed by atoms with Crippen LogP contribution < -0.4 is 5.32 Å². The molecule has 0 aliphatic heterocycles. The molecule has 0 aliphatic carbocycles. The third kappa shape index (κ3) is 3.38. The molecule has 13 heavy (non-hydrogen) atoms. The topological polar surface area (TPSA) is 32.3 Å². The van der Waals surface area contributed by atoms with E-state index in [4.69, 9.17) is 5.11 Å². The molecule has 0 saturated carbocycles. The van der Waals surface area contributed by atoms with Crippen molar-refractivity contribution in [2.24, 2.45) is 0 Å². The highest BCUT2D eigenvalue weighted by Gasteiger charge is 2.05. The first-order chi connectivity index (χ1) is 6.27.